The van der Waals surface area contributed by atoms with E-state index in [4.69, 9.17) is 15.2 Å². The molecule has 20 heavy (non-hydrogen) atoms. The summed E-state index contributed by atoms with van der Waals surface area (Å²) in [5.74, 6) is 2.07. The highest BCUT2D eigenvalue weighted by Gasteiger charge is 2.02. The zero-order valence-corrected chi connectivity index (χ0v) is 11.7. The average Bonchev–Trinajstić information content (AvgIpc) is 2.46. The molecule has 1 aromatic carbocycles. The predicted molar refractivity (Wildman–Crippen MR) is 80.1 cm³/mol. The van der Waals surface area contributed by atoms with Gasteiger partial charge in [0.2, 0.25) is 5.88 Å². The fourth-order valence-electron chi connectivity index (χ4n) is 1.83. The molecule has 0 radical (unpaired) electrons. The minimum Gasteiger partial charge on any atom is -0.495 e. The lowest BCUT2D eigenvalue weighted by Crippen LogP contribution is -2.03. The molecular formula is C15H19N3O2. The Balaban J connectivity index is 2.01. The molecule has 3 N–H and O–H groups in total. The monoisotopic (exact) mass is 273 g/mol. The van der Waals surface area contributed by atoms with E-state index in [9.17, 15) is 0 Å². The van der Waals surface area contributed by atoms with Crippen molar-refractivity contribution in [2.75, 3.05) is 24.8 Å². The third-order valence-electron chi connectivity index (χ3n) is 2.78. The van der Waals surface area contributed by atoms with E-state index in [1.54, 1.807) is 7.11 Å². The maximum Gasteiger partial charge on any atom is 0.215 e. The van der Waals surface area contributed by atoms with Crippen LogP contribution in [0.5, 0.6) is 11.6 Å². The van der Waals surface area contributed by atoms with Gasteiger partial charge < -0.3 is 20.5 Å². The number of nitrogens with zero attached hydrogens (tertiary/aromatic N) is 1. The molecule has 0 saturated carbocycles. The Morgan fingerprint density at radius 3 is 2.80 bits per heavy atom. The zero-order valence-electron chi connectivity index (χ0n) is 11.7. The smallest absolute Gasteiger partial charge is 0.215 e. The first-order valence-corrected chi connectivity index (χ1v) is 6.49. The molecule has 5 nitrogen and oxygen atoms in total. The number of hydrogen-bond acceptors (Lipinski definition) is 5. The molecule has 2 rings (SSSR count). The molecule has 0 aliphatic heterocycles. The van der Waals surface area contributed by atoms with Crippen LogP contribution in [0.2, 0.25) is 0 Å². The molecule has 5 heteroatoms. The minimum atomic E-state index is 0.603. The second-order valence-corrected chi connectivity index (χ2v) is 4.22. The van der Waals surface area contributed by atoms with E-state index in [1.807, 2.05) is 43.3 Å². The number of hydrogen-bond donors (Lipinski definition) is 2. The second kappa shape index (κ2) is 6.65. The first kappa shape index (κ1) is 14.0. The summed E-state index contributed by atoms with van der Waals surface area (Å²) in [6.07, 6.45) is 0. The largest absolute Gasteiger partial charge is 0.495 e. The molecule has 0 amide bonds. The van der Waals surface area contributed by atoms with Crippen molar-refractivity contribution in [1.82, 2.24) is 4.98 Å². The third-order valence-corrected chi connectivity index (χ3v) is 2.78. The standard InChI is InChI=1S/C15H19N3O2/c1-3-20-15-6-4-5-14(18-15)17-10-11-7-8-13(19-2)12(16)9-11/h4-9H,3,10,16H2,1-2H3,(H,17,18). The van der Waals surface area contributed by atoms with Gasteiger partial charge in [-0.2, -0.15) is 4.98 Å². The normalized spacial score (nSPS) is 10.1. The second-order valence-electron chi connectivity index (χ2n) is 4.22. The van der Waals surface area contributed by atoms with Crippen molar-refractivity contribution in [1.29, 1.82) is 0 Å². The molecule has 0 spiro atoms. The van der Waals surface area contributed by atoms with Crippen molar-refractivity contribution in [2.24, 2.45) is 0 Å². The van der Waals surface area contributed by atoms with Gasteiger partial charge in [-0.05, 0) is 30.7 Å². The Kier molecular flexibility index (Phi) is 4.65. The summed E-state index contributed by atoms with van der Waals surface area (Å²) in [7, 11) is 1.60. The molecule has 106 valence electrons. The number of methoxy groups -OCH3 is 1. The Morgan fingerprint density at radius 2 is 2.10 bits per heavy atom. The van der Waals surface area contributed by atoms with Gasteiger partial charge in [-0.15, -0.1) is 0 Å². The average molecular weight is 273 g/mol. The molecule has 0 unspecified atom stereocenters. The van der Waals surface area contributed by atoms with Crippen LogP contribution in [0.25, 0.3) is 0 Å². The first-order chi connectivity index (χ1) is 9.72. The van der Waals surface area contributed by atoms with Gasteiger partial charge in [0.1, 0.15) is 11.6 Å². The van der Waals surface area contributed by atoms with Gasteiger partial charge in [0.15, 0.2) is 0 Å². The molecule has 0 saturated heterocycles. The van der Waals surface area contributed by atoms with Gasteiger partial charge in [0.05, 0.1) is 19.4 Å². The fraction of sp³-hybridized carbons (Fsp3) is 0.267. The van der Waals surface area contributed by atoms with Crippen molar-refractivity contribution in [3.05, 3.63) is 42.0 Å². The number of anilines is 2. The lowest BCUT2D eigenvalue weighted by molar-refractivity contribution is 0.327. The number of pyridine rings is 1. The van der Waals surface area contributed by atoms with E-state index in [0.29, 0.717) is 30.5 Å². The SMILES string of the molecule is CCOc1cccc(NCc2ccc(OC)c(N)c2)n1. The highest BCUT2D eigenvalue weighted by molar-refractivity contribution is 5.54. The van der Waals surface area contributed by atoms with Crippen molar-refractivity contribution < 1.29 is 9.47 Å². The summed E-state index contributed by atoms with van der Waals surface area (Å²) in [5, 5.41) is 3.24. The Labute approximate surface area is 118 Å². The Morgan fingerprint density at radius 1 is 1.25 bits per heavy atom. The predicted octanol–water partition coefficient (Wildman–Crippen LogP) is 2.68. The third kappa shape index (κ3) is 3.54. The van der Waals surface area contributed by atoms with E-state index in [2.05, 4.69) is 10.3 Å². The highest BCUT2D eigenvalue weighted by atomic mass is 16.5. The quantitative estimate of drug-likeness (QED) is 0.792. The van der Waals surface area contributed by atoms with Crippen LogP contribution >= 0.6 is 0 Å². The summed E-state index contributed by atoms with van der Waals surface area (Å²) >= 11 is 0. The molecule has 0 atom stereocenters. The molecule has 0 aliphatic carbocycles. The van der Waals surface area contributed by atoms with Crippen LogP contribution in [0.15, 0.2) is 36.4 Å². The van der Waals surface area contributed by atoms with E-state index in [-0.39, 0.29) is 0 Å². The Hall–Kier alpha value is -2.43. The summed E-state index contributed by atoms with van der Waals surface area (Å²) in [6.45, 7) is 3.17. The lowest BCUT2D eigenvalue weighted by Gasteiger charge is -2.10. The van der Waals surface area contributed by atoms with Gasteiger partial charge in [-0.3, -0.25) is 0 Å². The molecule has 1 heterocycles. The van der Waals surface area contributed by atoms with Crippen LogP contribution < -0.4 is 20.5 Å². The number of benzene rings is 1. The summed E-state index contributed by atoms with van der Waals surface area (Å²) in [5.41, 5.74) is 7.57. The van der Waals surface area contributed by atoms with Crippen LogP contribution in [0.1, 0.15) is 12.5 Å². The molecular weight excluding hydrogens is 254 g/mol. The number of ether oxygens (including phenoxy) is 2. The van der Waals surface area contributed by atoms with E-state index < -0.39 is 0 Å². The van der Waals surface area contributed by atoms with Crippen LogP contribution in [0.4, 0.5) is 11.5 Å². The van der Waals surface area contributed by atoms with Gasteiger partial charge in [0, 0.05) is 12.6 Å². The number of nitrogens with one attached hydrogen (secondary N) is 1. The Bertz CT molecular complexity index is 573. The van der Waals surface area contributed by atoms with Crippen molar-refractivity contribution >= 4 is 11.5 Å². The molecule has 2 aromatic rings. The van der Waals surface area contributed by atoms with Crippen LogP contribution in [0, 0.1) is 0 Å². The number of nitrogens with two attached hydrogens (primary N) is 1. The summed E-state index contributed by atoms with van der Waals surface area (Å²) in [4.78, 5) is 4.34. The van der Waals surface area contributed by atoms with Crippen LogP contribution in [-0.4, -0.2) is 18.7 Å². The van der Waals surface area contributed by atoms with Gasteiger partial charge in [0.25, 0.3) is 0 Å². The van der Waals surface area contributed by atoms with Crippen molar-refractivity contribution in [3.8, 4) is 11.6 Å². The fourth-order valence-corrected chi connectivity index (χ4v) is 1.83. The van der Waals surface area contributed by atoms with Crippen molar-refractivity contribution in [2.45, 2.75) is 13.5 Å². The van der Waals surface area contributed by atoms with E-state index in [1.165, 1.54) is 0 Å². The summed E-state index contributed by atoms with van der Waals surface area (Å²) < 4.78 is 10.5. The molecule has 0 bridgehead atoms. The maximum atomic E-state index is 5.88. The lowest BCUT2D eigenvalue weighted by atomic mass is 10.2. The summed E-state index contributed by atoms with van der Waals surface area (Å²) in [6, 6.07) is 11.3. The van der Waals surface area contributed by atoms with Gasteiger partial charge in [-0.25, -0.2) is 0 Å². The van der Waals surface area contributed by atoms with Gasteiger partial charge >= 0.3 is 0 Å². The number of aromatic nitrogens is 1. The van der Waals surface area contributed by atoms with Gasteiger partial charge in [-0.1, -0.05) is 12.1 Å². The van der Waals surface area contributed by atoms with E-state index in [0.717, 1.165) is 11.4 Å². The minimum absolute atomic E-state index is 0.603. The zero-order chi connectivity index (χ0) is 14.4. The number of rotatable bonds is 6. The topological polar surface area (TPSA) is 69.4 Å². The molecule has 1 aromatic heterocycles. The molecule has 0 fully saturated rings. The highest BCUT2D eigenvalue weighted by Crippen LogP contribution is 2.22. The van der Waals surface area contributed by atoms with Crippen LogP contribution in [0.3, 0.4) is 0 Å². The maximum absolute atomic E-state index is 5.88. The van der Waals surface area contributed by atoms with Crippen molar-refractivity contribution in [3.63, 3.8) is 0 Å². The number of nitrogen functional groups attached to an aromatic ring is 1. The first-order valence-electron chi connectivity index (χ1n) is 6.49. The van der Waals surface area contributed by atoms with Crippen LogP contribution in [-0.2, 0) is 6.54 Å². The van der Waals surface area contributed by atoms with E-state index >= 15 is 0 Å². The molecule has 0 aliphatic rings.